The smallest absolute Gasteiger partial charge is 0.338 e. The number of amidine groups is 1. The number of furan rings is 1. The number of nitrogens with one attached hydrogen (secondary N) is 1. The molecule has 1 aromatic carbocycles. The van der Waals surface area contributed by atoms with Crippen molar-refractivity contribution >= 4 is 28.8 Å². The van der Waals surface area contributed by atoms with Gasteiger partial charge in [-0.3, -0.25) is 4.79 Å². The molecule has 2 aliphatic heterocycles. The lowest BCUT2D eigenvalue weighted by molar-refractivity contribution is -0.139. The van der Waals surface area contributed by atoms with Gasteiger partial charge in [-0.25, -0.2) is 9.79 Å². The summed E-state index contributed by atoms with van der Waals surface area (Å²) in [6, 6.07) is 11.5. The molecule has 1 aromatic heterocycles. The second kappa shape index (κ2) is 10.3. The van der Waals surface area contributed by atoms with E-state index >= 15 is 0 Å². The highest BCUT2D eigenvalue weighted by molar-refractivity contribution is 8.16. The first-order valence-electron chi connectivity index (χ1n) is 11.4. The first-order valence-corrected chi connectivity index (χ1v) is 12.3. The fraction of sp³-hybridized carbons (Fsp3) is 0.346. The van der Waals surface area contributed by atoms with Gasteiger partial charge in [-0.1, -0.05) is 49.9 Å². The molecule has 1 amide bonds. The average Bonchev–Trinajstić information content (AvgIpc) is 3.47. The van der Waals surface area contributed by atoms with Crippen LogP contribution in [0.3, 0.4) is 0 Å². The lowest BCUT2D eigenvalue weighted by Crippen LogP contribution is -2.38. The number of aliphatic imine (C=N–C) groups is 1. The minimum atomic E-state index is -0.424. The molecule has 0 saturated carbocycles. The van der Waals surface area contributed by atoms with Gasteiger partial charge in [0.2, 0.25) is 5.91 Å². The summed E-state index contributed by atoms with van der Waals surface area (Å²) in [6.07, 6.45) is 1.73. The minimum Gasteiger partial charge on any atom is -0.467 e. The molecule has 34 heavy (non-hydrogen) atoms. The molecule has 0 aliphatic carbocycles. The first kappa shape index (κ1) is 23.9. The molecule has 4 rings (SSSR count). The van der Waals surface area contributed by atoms with Crippen LogP contribution in [0.15, 0.2) is 74.4 Å². The number of ether oxygens (including phenoxy) is 1. The number of hydrogen-bond acceptors (Lipinski definition) is 7. The van der Waals surface area contributed by atoms with Crippen molar-refractivity contribution in [3.63, 3.8) is 0 Å². The maximum Gasteiger partial charge on any atom is 0.338 e. The first-order chi connectivity index (χ1) is 16.4. The van der Waals surface area contributed by atoms with E-state index in [1.807, 2.05) is 35.4 Å². The monoisotopic (exact) mass is 479 g/mol. The molecule has 0 radical (unpaired) electrons. The van der Waals surface area contributed by atoms with Crippen molar-refractivity contribution < 1.29 is 18.7 Å². The van der Waals surface area contributed by atoms with Gasteiger partial charge < -0.3 is 19.4 Å². The molecule has 2 aliphatic rings. The quantitative estimate of drug-likeness (QED) is 0.521. The molecule has 2 aromatic rings. The van der Waals surface area contributed by atoms with Crippen molar-refractivity contribution in [3.8, 4) is 0 Å². The Kier molecular flexibility index (Phi) is 7.26. The van der Waals surface area contributed by atoms with Gasteiger partial charge in [0.05, 0.1) is 43.1 Å². The van der Waals surface area contributed by atoms with Crippen LogP contribution in [0.2, 0.25) is 0 Å². The predicted octanol–water partition coefficient (Wildman–Crippen LogP) is 5.25. The summed E-state index contributed by atoms with van der Waals surface area (Å²) in [5, 5.41) is 5.57. The van der Waals surface area contributed by atoms with Gasteiger partial charge >= 0.3 is 5.97 Å². The molecule has 3 heterocycles. The number of esters is 1. The van der Waals surface area contributed by atoms with E-state index in [4.69, 9.17) is 9.15 Å². The van der Waals surface area contributed by atoms with E-state index < -0.39 is 6.04 Å². The summed E-state index contributed by atoms with van der Waals surface area (Å²) in [7, 11) is 0. The van der Waals surface area contributed by atoms with E-state index in [1.54, 1.807) is 19.3 Å². The number of carbonyl (C=O) groups is 2. The number of fused-ring (bicyclic) bond motifs is 1. The van der Waals surface area contributed by atoms with Crippen LogP contribution >= 0.6 is 11.8 Å². The standard InChI is InChI=1S/C26H29N3O4S/c1-5-32-25(31)23-17(4)28-26-29(24(23)19-10-8-18(9-11-19)16(2)3)20(15-34-26)13-22(30)27-14-21-7-6-12-33-21/h6-12,15-16,24H,5,13-14H2,1-4H3,(H,27,30)/t24-/m1/s1. The molecule has 8 heteroatoms. The van der Waals surface area contributed by atoms with Crippen LogP contribution in [0.5, 0.6) is 0 Å². The molecular weight excluding hydrogens is 450 g/mol. The van der Waals surface area contributed by atoms with Gasteiger partial charge in [0.25, 0.3) is 0 Å². The van der Waals surface area contributed by atoms with Gasteiger partial charge in [-0.05, 0) is 48.4 Å². The zero-order valence-corrected chi connectivity index (χ0v) is 20.6. The molecular formula is C26H29N3O4S. The average molecular weight is 480 g/mol. The van der Waals surface area contributed by atoms with Crippen molar-refractivity contribution in [1.82, 2.24) is 10.2 Å². The number of carbonyl (C=O) groups excluding carboxylic acids is 2. The van der Waals surface area contributed by atoms with Gasteiger partial charge in [0, 0.05) is 5.70 Å². The zero-order valence-electron chi connectivity index (χ0n) is 19.8. The molecule has 1 atom stereocenters. The number of rotatable bonds is 8. The molecule has 178 valence electrons. The summed E-state index contributed by atoms with van der Waals surface area (Å²) in [5.41, 5.74) is 4.08. The Morgan fingerprint density at radius 3 is 2.65 bits per heavy atom. The number of nitrogens with zero attached hydrogens (tertiary/aromatic N) is 2. The lowest BCUT2D eigenvalue weighted by atomic mass is 9.92. The van der Waals surface area contributed by atoms with Crippen LogP contribution in [0.4, 0.5) is 0 Å². The van der Waals surface area contributed by atoms with Gasteiger partial charge in [-0.15, -0.1) is 0 Å². The molecule has 0 unspecified atom stereocenters. The van der Waals surface area contributed by atoms with E-state index in [1.165, 1.54) is 17.3 Å². The number of hydrogen-bond donors (Lipinski definition) is 1. The number of benzene rings is 1. The van der Waals surface area contributed by atoms with Crippen molar-refractivity contribution in [2.75, 3.05) is 6.61 Å². The third-order valence-corrected chi connectivity index (χ3v) is 6.69. The number of thioether (sulfide) groups is 1. The molecule has 1 N–H and O–H groups in total. The summed E-state index contributed by atoms with van der Waals surface area (Å²) in [4.78, 5) is 32.4. The molecule has 0 saturated heterocycles. The van der Waals surface area contributed by atoms with Crippen molar-refractivity contribution in [1.29, 1.82) is 0 Å². The van der Waals surface area contributed by atoms with Crippen LogP contribution < -0.4 is 5.32 Å². The summed E-state index contributed by atoms with van der Waals surface area (Å²) in [5.74, 6) is 0.561. The normalized spacial score (nSPS) is 17.4. The summed E-state index contributed by atoms with van der Waals surface area (Å²) < 4.78 is 10.7. The van der Waals surface area contributed by atoms with Gasteiger partial charge in [-0.2, -0.15) is 0 Å². The van der Waals surface area contributed by atoms with Crippen LogP contribution in [0, 0.1) is 0 Å². The molecule has 0 fully saturated rings. The largest absolute Gasteiger partial charge is 0.467 e. The highest BCUT2D eigenvalue weighted by atomic mass is 32.2. The minimum absolute atomic E-state index is 0.137. The predicted molar refractivity (Wildman–Crippen MR) is 133 cm³/mol. The van der Waals surface area contributed by atoms with E-state index in [0.717, 1.165) is 16.4 Å². The van der Waals surface area contributed by atoms with E-state index in [9.17, 15) is 9.59 Å². The Morgan fingerprint density at radius 2 is 2.00 bits per heavy atom. The van der Waals surface area contributed by atoms with E-state index in [2.05, 4.69) is 36.3 Å². The third kappa shape index (κ3) is 4.97. The van der Waals surface area contributed by atoms with E-state index in [0.29, 0.717) is 29.5 Å². The second-order valence-electron chi connectivity index (χ2n) is 8.47. The van der Waals surface area contributed by atoms with Crippen molar-refractivity contribution in [2.24, 2.45) is 4.99 Å². The molecule has 0 spiro atoms. The van der Waals surface area contributed by atoms with Crippen LogP contribution in [-0.4, -0.2) is 28.6 Å². The Hall–Kier alpha value is -3.26. The fourth-order valence-electron chi connectivity index (χ4n) is 4.04. The number of amides is 1. The topological polar surface area (TPSA) is 84.1 Å². The fourth-order valence-corrected chi connectivity index (χ4v) is 5.01. The molecule has 7 nitrogen and oxygen atoms in total. The summed E-state index contributed by atoms with van der Waals surface area (Å²) >= 11 is 1.46. The number of allylic oxidation sites excluding steroid dienone is 1. The Morgan fingerprint density at radius 1 is 1.24 bits per heavy atom. The van der Waals surface area contributed by atoms with Crippen LogP contribution in [0.25, 0.3) is 0 Å². The zero-order chi connectivity index (χ0) is 24.2. The van der Waals surface area contributed by atoms with Crippen LogP contribution in [-0.2, 0) is 20.9 Å². The van der Waals surface area contributed by atoms with Gasteiger partial charge in [0.1, 0.15) is 5.76 Å². The Labute approximate surface area is 203 Å². The highest BCUT2D eigenvalue weighted by Gasteiger charge is 2.41. The van der Waals surface area contributed by atoms with E-state index in [-0.39, 0.29) is 24.9 Å². The van der Waals surface area contributed by atoms with Gasteiger partial charge in [0.15, 0.2) is 5.17 Å². The Bertz CT molecular complexity index is 1150. The Balaban J connectivity index is 1.63. The SMILES string of the molecule is CCOC(=O)C1=C(C)N=C2SC=C(CC(=O)NCc3ccco3)N2[C@@H]1c1ccc(C(C)C)cc1. The van der Waals surface area contributed by atoms with Crippen molar-refractivity contribution in [2.45, 2.75) is 52.6 Å². The maximum absolute atomic E-state index is 13.0. The lowest BCUT2D eigenvalue weighted by Gasteiger charge is -2.36. The highest BCUT2D eigenvalue weighted by Crippen LogP contribution is 2.45. The molecule has 0 bridgehead atoms. The second-order valence-corrected chi connectivity index (χ2v) is 9.30. The third-order valence-electron chi connectivity index (χ3n) is 5.80. The van der Waals surface area contributed by atoms with Crippen LogP contribution in [0.1, 0.15) is 63.0 Å². The van der Waals surface area contributed by atoms with Crippen molar-refractivity contribution in [3.05, 3.63) is 81.9 Å². The summed E-state index contributed by atoms with van der Waals surface area (Å²) in [6.45, 7) is 8.51. The maximum atomic E-state index is 13.0.